The van der Waals surface area contributed by atoms with Crippen LogP contribution in [0.15, 0.2) is 24.3 Å². The van der Waals surface area contributed by atoms with E-state index in [1.54, 1.807) is 7.11 Å². The first-order chi connectivity index (χ1) is 8.17. The maximum atomic E-state index is 8.88. The molecule has 0 fully saturated rings. The Kier molecular flexibility index (Phi) is 5.97. The number of para-hydroxylation sites is 1. The van der Waals surface area contributed by atoms with Crippen LogP contribution in [-0.2, 0) is 6.42 Å². The molecule has 0 saturated carbocycles. The number of ether oxygens (including phenoxy) is 1. The van der Waals surface area contributed by atoms with Crippen molar-refractivity contribution < 1.29 is 9.84 Å². The second-order valence-electron chi connectivity index (χ2n) is 4.27. The lowest BCUT2D eigenvalue weighted by Crippen LogP contribution is -2.38. The van der Waals surface area contributed by atoms with Crippen LogP contribution in [0.4, 0.5) is 0 Å². The van der Waals surface area contributed by atoms with Gasteiger partial charge in [-0.25, -0.2) is 0 Å². The number of rotatable bonds is 7. The average molecular weight is 238 g/mol. The van der Waals surface area contributed by atoms with Gasteiger partial charge in [-0.15, -0.1) is 0 Å². The highest BCUT2D eigenvalue weighted by Gasteiger charge is 2.07. The molecule has 4 nitrogen and oxygen atoms in total. The largest absolute Gasteiger partial charge is 0.496 e. The Hall–Kier alpha value is -1.10. The second-order valence-corrected chi connectivity index (χ2v) is 4.27. The molecule has 4 heteroatoms. The first kappa shape index (κ1) is 14.0. The van der Waals surface area contributed by atoms with Crippen LogP contribution >= 0.6 is 0 Å². The van der Waals surface area contributed by atoms with Gasteiger partial charge in [0.15, 0.2) is 0 Å². The molecule has 0 aliphatic rings. The number of aliphatic hydroxyl groups is 1. The number of aliphatic hydroxyl groups excluding tert-OH is 1. The third kappa shape index (κ3) is 4.73. The molecular formula is C13H22N2O2. The van der Waals surface area contributed by atoms with Gasteiger partial charge >= 0.3 is 0 Å². The molecule has 96 valence electrons. The zero-order valence-electron chi connectivity index (χ0n) is 10.6. The average Bonchev–Trinajstić information content (AvgIpc) is 2.36. The number of hydrogen-bond donors (Lipinski definition) is 2. The third-order valence-corrected chi connectivity index (χ3v) is 2.74. The predicted molar refractivity (Wildman–Crippen MR) is 69.3 cm³/mol. The standard InChI is InChI=1S/C13H22N2O2/c1-15(9-12(14)10-16)8-7-11-5-3-4-6-13(11)17-2/h3-6,12,16H,7-10,14H2,1-2H3. The van der Waals surface area contributed by atoms with Crippen LogP contribution in [0.2, 0.25) is 0 Å². The monoisotopic (exact) mass is 238 g/mol. The van der Waals surface area contributed by atoms with E-state index < -0.39 is 0 Å². The molecular weight excluding hydrogens is 216 g/mol. The molecule has 0 saturated heterocycles. The molecule has 0 aliphatic heterocycles. The number of nitrogens with zero attached hydrogens (tertiary/aromatic N) is 1. The van der Waals surface area contributed by atoms with Gasteiger partial charge in [0.2, 0.25) is 0 Å². The Labute approximate surface area is 103 Å². The maximum absolute atomic E-state index is 8.88. The highest BCUT2D eigenvalue weighted by Crippen LogP contribution is 2.17. The summed E-state index contributed by atoms with van der Waals surface area (Å²) in [4.78, 5) is 2.12. The molecule has 1 aromatic carbocycles. The van der Waals surface area contributed by atoms with Crippen LogP contribution in [0.5, 0.6) is 5.75 Å². The van der Waals surface area contributed by atoms with Crippen molar-refractivity contribution in [2.45, 2.75) is 12.5 Å². The molecule has 1 rings (SSSR count). The normalized spacial score (nSPS) is 12.8. The third-order valence-electron chi connectivity index (χ3n) is 2.74. The molecule has 1 atom stereocenters. The van der Waals surface area contributed by atoms with E-state index in [9.17, 15) is 0 Å². The molecule has 0 heterocycles. The fraction of sp³-hybridized carbons (Fsp3) is 0.538. The van der Waals surface area contributed by atoms with E-state index in [0.29, 0.717) is 6.54 Å². The topological polar surface area (TPSA) is 58.7 Å². The second kappa shape index (κ2) is 7.27. The van der Waals surface area contributed by atoms with E-state index >= 15 is 0 Å². The summed E-state index contributed by atoms with van der Waals surface area (Å²) in [5.41, 5.74) is 6.88. The Morgan fingerprint density at radius 1 is 1.41 bits per heavy atom. The first-order valence-corrected chi connectivity index (χ1v) is 5.84. The Bertz CT molecular complexity index is 331. The zero-order valence-corrected chi connectivity index (χ0v) is 10.6. The Morgan fingerprint density at radius 2 is 2.12 bits per heavy atom. The molecule has 0 radical (unpaired) electrons. The van der Waals surface area contributed by atoms with Gasteiger partial charge in [-0.1, -0.05) is 18.2 Å². The van der Waals surface area contributed by atoms with Crippen LogP contribution < -0.4 is 10.5 Å². The first-order valence-electron chi connectivity index (χ1n) is 5.84. The minimum atomic E-state index is -0.169. The number of nitrogens with two attached hydrogens (primary N) is 1. The van der Waals surface area contributed by atoms with Crippen molar-refractivity contribution in [1.29, 1.82) is 0 Å². The summed E-state index contributed by atoms with van der Waals surface area (Å²) in [5.74, 6) is 0.923. The van der Waals surface area contributed by atoms with Gasteiger partial charge in [0.1, 0.15) is 5.75 Å². The predicted octanol–water partition coefficient (Wildman–Crippen LogP) is 0.489. The lowest BCUT2D eigenvalue weighted by Gasteiger charge is -2.20. The lowest BCUT2D eigenvalue weighted by molar-refractivity contribution is 0.222. The number of likely N-dealkylation sites (N-methyl/N-ethyl adjacent to an activating group) is 1. The summed E-state index contributed by atoms with van der Waals surface area (Å²) in [6.45, 7) is 1.62. The minimum absolute atomic E-state index is 0.0268. The highest BCUT2D eigenvalue weighted by atomic mass is 16.5. The summed E-state index contributed by atoms with van der Waals surface area (Å²) in [7, 11) is 3.69. The van der Waals surface area contributed by atoms with Crippen LogP contribution in [0.25, 0.3) is 0 Å². The zero-order chi connectivity index (χ0) is 12.7. The SMILES string of the molecule is COc1ccccc1CCN(C)CC(N)CO. The lowest BCUT2D eigenvalue weighted by atomic mass is 10.1. The van der Waals surface area contributed by atoms with E-state index in [1.165, 1.54) is 5.56 Å². The molecule has 1 aromatic rings. The van der Waals surface area contributed by atoms with Crippen LogP contribution in [-0.4, -0.2) is 49.9 Å². The molecule has 3 N–H and O–H groups in total. The fourth-order valence-electron chi connectivity index (χ4n) is 1.77. The molecule has 17 heavy (non-hydrogen) atoms. The number of methoxy groups -OCH3 is 1. The van der Waals surface area contributed by atoms with Gasteiger partial charge in [-0.3, -0.25) is 0 Å². The van der Waals surface area contributed by atoms with Gasteiger partial charge in [0.25, 0.3) is 0 Å². The Morgan fingerprint density at radius 3 is 2.76 bits per heavy atom. The van der Waals surface area contributed by atoms with Crippen molar-refractivity contribution in [3.8, 4) is 5.75 Å². The van der Waals surface area contributed by atoms with E-state index in [2.05, 4.69) is 11.0 Å². The summed E-state index contributed by atoms with van der Waals surface area (Å²) in [6.07, 6.45) is 0.915. The van der Waals surface area contributed by atoms with E-state index in [1.807, 2.05) is 25.2 Å². The summed E-state index contributed by atoms with van der Waals surface area (Å²) >= 11 is 0. The fourth-order valence-corrected chi connectivity index (χ4v) is 1.77. The van der Waals surface area contributed by atoms with Crippen LogP contribution in [0, 0.1) is 0 Å². The van der Waals surface area contributed by atoms with Gasteiger partial charge in [0.05, 0.1) is 13.7 Å². The van der Waals surface area contributed by atoms with Gasteiger partial charge < -0.3 is 20.5 Å². The van der Waals surface area contributed by atoms with Crippen LogP contribution in [0.3, 0.4) is 0 Å². The summed E-state index contributed by atoms with van der Waals surface area (Å²) < 4.78 is 5.30. The molecule has 0 aliphatic carbocycles. The number of hydrogen-bond acceptors (Lipinski definition) is 4. The molecule has 1 unspecified atom stereocenters. The van der Waals surface area contributed by atoms with E-state index in [4.69, 9.17) is 15.6 Å². The van der Waals surface area contributed by atoms with Gasteiger partial charge in [-0.2, -0.15) is 0 Å². The van der Waals surface area contributed by atoms with Crippen molar-refractivity contribution >= 4 is 0 Å². The van der Waals surface area contributed by atoms with Crippen LogP contribution in [0.1, 0.15) is 5.56 Å². The molecule has 0 bridgehead atoms. The quantitative estimate of drug-likeness (QED) is 0.726. The van der Waals surface area contributed by atoms with Crippen molar-refractivity contribution in [2.75, 3.05) is 33.9 Å². The molecule has 0 aromatic heterocycles. The minimum Gasteiger partial charge on any atom is -0.496 e. The van der Waals surface area contributed by atoms with Crippen molar-refractivity contribution in [1.82, 2.24) is 4.90 Å². The van der Waals surface area contributed by atoms with Gasteiger partial charge in [-0.05, 0) is 25.1 Å². The van der Waals surface area contributed by atoms with Crippen molar-refractivity contribution in [2.24, 2.45) is 5.73 Å². The van der Waals surface area contributed by atoms with E-state index in [0.717, 1.165) is 18.7 Å². The maximum Gasteiger partial charge on any atom is 0.122 e. The van der Waals surface area contributed by atoms with Gasteiger partial charge in [0, 0.05) is 19.1 Å². The summed E-state index contributed by atoms with van der Waals surface area (Å²) in [6, 6.07) is 7.84. The van der Waals surface area contributed by atoms with Crippen molar-refractivity contribution in [3.63, 3.8) is 0 Å². The summed E-state index contributed by atoms with van der Waals surface area (Å²) in [5, 5.41) is 8.88. The Balaban J connectivity index is 2.44. The molecule has 0 amide bonds. The van der Waals surface area contributed by atoms with Crippen molar-refractivity contribution in [3.05, 3.63) is 29.8 Å². The number of benzene rings is 1. The smallest absolute Gasteiger partial charge is 0.122 e. The highest BCUT2D eigenvalue weighted by molar-refractivity contribution is 5.33. The molecule has 0 spiro atoms. The van der Waals surface area contributed by atoms with E-state index in [-0.39, 0.29) is 12.6 Å².